The second kappa shape index (κ2) is 9.20. The van der Waals surface area contributed by atoms with Gasteiger partial charge < -0.3 is 24.6 Å². The van der Waals surface area contributed by atoms with Crippen LogP contribution in [0.1, 0.15) is 52.3 Å². The van der Waals surface area contributed by atoms with Crippen molar-refractivity contribution in [2.75, 3.05) is 51.3 Å². The molecule has 0 aliphatic carbocycles. The van der Waals surface area contributed by atoms with E-state index in [1.807, 2.05) is 25.7 Å². The number of nitrogens with one attached hydrogen (secondary N) is 1. The van der Waals surface area contributed by atoms with E-state index in [-0.39, 0.29) is 11.6 Å². The molecular weight excluding hydrogens is 497 g/mol. The van der Waals surface area contributed by atoms with E-state index in [9.17, 15) is 4.79 Å². The number of aromatic nitrogens is 2. The highest BCUT2D eigenvalue weighted by Gasteiger charge is 2.38. The van der Waals surface area contributed by atoms with Crippen LogP contribution in [0, 0.1) is 10.5 Å². The Kier molecular flexibility index (Phi) is 7.23. The molecule has 8 nitrogen and oxygen atoms in total. The Balaban J connectivity index is 1.74. The molecule has 0 spiro atoms. The fraction of sp³-hybridized carbons (Fsp3) is 0.810. The van der Waals surface area contributed by atoms with Crippen LogP contribution in [0.4, 0.5) is 10.6 Å². The lowest BCUT2D eigenvalue weighted by atomic mass is 9.98. The minimum Gasteiger partial charge on any atom is -0.444 e. The summed E-state index contributed by atoms with van der Waals surface area (Å²) in [5, 5.41) is 8.57. The first-order valence-electron chi connectivity index (χ1n) is 10.8. The number of anilines is 1. The smallest absolute Gasteiger partial charge is 0.410 e. The molecular formula is C21H36IN5O3. The maximum Gasteiger partial charge on any atom is 0.410 e. The van der Waals surface area contributed by atoms with Crippen molar-refractivity contribution in [1.82, 2.24) is 20.0 Å². The number of piperazine rings is 1. The lowest BCUT2D eigenvalue weighted by molar-refractivity contribution is 0.0184. The van der Waals surface area contributed by atoms with Crippen molar-refractivity contribution in [3.05, 3.63) is 9.26 Å². The number of hydrogen-bond donors (Lipinski definition) is 1. The predicted molar refractivity (Wildman–Crippen MR) is 126 cm³/mol. The van der Waals surface area contributed by atoms with Crippen molar-refractivity contribution in [3.8, 4) is 0 Å². The SMILES string of the molecule is COC[C@@]1(C)CNCCN1c1nn(C2CCN(C(=O)OC(C)(C)C)CC2)c(C)c1I. The molecule has 0 bridgehead atoms. The van der Waals surface area contributed by atoms with E-state index in [1.54, 1.807) is 7.11 Å². The summed E-state index contributed by atoms with van der Waals surface area (Å²) in [6, 6.07) is 0.294. The predicted octanol–water partition coefficient (Wildman–Crippen LogP) is 3.18. The van der Waals surface area contributed by atoms with Crippen LogP contribution < -0.4 is 10.2 Å². The average molecular weight is 533 g/mol. The van der Waals surface area contributed by atoms with Crippen LogP contribution in [0.15, 0.2) is 0 Å². The quantitative estimate of drug-likeness (QED) is 0.600. The van der Waals surface area contributed by atoms with Gasteiger partial charge >= 0.3 is 6.09 Å². The van der Waals surface area contributed by atoms with E-state index in [4.69, 9.17) is 14.6 Å². The highest BCUT2D eigenvalue weighted by Crippen LogP contribution is 2.34. The average Bonchev–Trinajstić information content (AvgIpc) is 2.96. The third-order valence-corrected chi connectivity index (χ3v) is 7.17. The number of amides is 1. The number of likely N-dealkylation sites (tertiary alicyclic amines) is 1. The second-order valence-electron chi connectivity index (χ2n) is 9.62. The third kappa shape index (κ3) is 5.04. The largest absolute Gasteiger partial charge is 0.444 e. The molecule has 2 aliphatic rings. The molecule has 2 saturated heterocycles. The van der Waals surface area contributed by atoms with Gasteiger partial charge in [-0.25, -0.2) is 4.79 Å². The summed E-state index contributed by atoms with van der Waals surface area (Å²) < 4.78 is 14.4. The zero-order valence-electron chi connectivity index (χ0n) is 19.1. The Morgan fingerprint density at radius 1 is 1.30 bits per heavy atom. The molecule has 3 rings (SSSR count). The molecule has 1 N–H and O–H groups in total. The van der Waals surface area contributed by atoms with Crippen molar-refractivity contribution in [2.24, 2.45) is 0 Å². The van der Waals surface area contributed by atoms with Crippen LogP contribution in [-0.4, -0.2) is 78.4 Å². The minimum atomic E-state index is -0.463. The Hall–Kier alpha value is -1.07. The number of hydrogen-bond acceptors (Lipinski definition) is 6. The van der Waals surface area contributed by atoms with Gasteiger partial charge in [-0.3, -0.25) is 4.68 Å². The van der Waals surface area contributed by atoms with Crippen molar-refractivity contribution in [1.29, 1.82) is 0 Å². The fourth-order valence-electron chi connectivity index (χ4n) is 4.35. The topological polar surface area (TPSA) is 71.9 Å². The van der Waals surface area contributed by atoms with Crippen molar-refractivity contribution in [3.63, 3.8) is 0 Å². The molecule has 0 saturated carbocycles. The molecule has 1 atom stereocenters. The van der Waals surface area contributed by atoms with Crippen molar-refractivity contribution in [2.45, 2.75) is 64.6 Å². The molecule has 1 aromatic rings. The lowest BCUT2D eigenvalue weighted by Gasteiger charge is -2.45. The number of piperidine rings is 1. The molecule has 2 fully saturated rings. The minimum absolute atomic E-state index is 0.126. The van der Waals surface area contributed by atoms with E-state index >= 15 is 0 Å². The maximum atomic E-state index is 12.4. The number of carbonyl (C=O) groups excluding carboxylic acids is 1. The Bertz CT molecular complexity index is 751. The van der Waals surface area contributed by atoms with E-state index in [0.717, 1.165) is 38.3 Å². The van der Waals surface area contributed by atoms with Crippen LogP contribution in [-0.2, 0) is 9.47 Å². The lowest BCUT2D eigenvalue weighted by Crippen LogP contribution is -2.62. The highest BCUT2D eigenvalue weighted by atomic mass is 127. The van der Waals surface area contributed by atoms with E-state index < -0.39 is 5.60 Å². The molecule has 2 aliphatic heterocycles. The standard InChI is InChI=1S/C21H36IN5O3/c1-15-17(22)18(26-12-9-23-13-21(26,5)14-29-6)24-27(15)16-7-10-25(11-8-16)19(28)30-20(2,3)4/h16,23H,7-14H2,1-6H3/t21-/m1/s1. The summed E-state index contributed by atoms with van der Waals surface area (Å²) in [6.07, 6.45) is 1.55. The first kappa shape index (κ1) is 23.6. The van der Waals surface area contributed by atoms with Gasteiger partial charge in [-0.2, -0.15) is 5.10 Å². The molecule has 9 heteroatoms. The van der Waals surface area contributed by atoms with Gasteiger partial charge in [0.2, 0.25) is 0 Å². The molecule has 0 radical (unpaired) electrons. The number of methoxy groups -OCH3 is 1. The van der Waals surface area contributed by atoms with Gasteiger partial charge in [-0.15, -0.1) is 0 Å². The van der Waals surface area contributed by atoms with Gasteiger partial charge in [0.25, 0.3) is 0 Å². The molecule has 1 aromatic heterocycles. The number of nitrogens with zero attached hydrogens (tertiary/aromatic N) is 4. The van der Waals surface area contributed by atoms with Crippen LogP contribution in [0.3, 0.4) is 0 Å². The van der Waals surface area contributed by atoms with Gasteiger partial charge in [0.1, 0.15) is 5.60 Å². The van der Waals surface area contributed by atoms with Crippen molar-refractivity contribution >= 4 is 34.5 Å². The van der Waals surface area contributed by atoms with Gasteiger partial charge in [0, 0.05) is 39.8 Å². The summed E-state index contributed by atoms with van der Waals surface area (Å²) >= 11 is 2.43. The fourth-order valence-corrected chi connectivity index (χ4v) is 4.99. The first-order valence-corrected chi connectivity index (χ1v) is 11.8. The van der Waals surface area contributed by atoms with Crippen molar-refractivity contribution < 1.29 is 14.3 Å². The van der Waals surface area contributed by atoms with E-state index in [1.165, 1.54) is 9.26 Å². The highest BCUT2D eigenvalue weighted by molar-refractivity contribution is 14.1. The summed E-state index contributed by atoms with van der Waals surface area (Å²) in [5.41, 5.74) is 0.605. The monoisotopic (exact) mass is 533 g/mol. The zero-order valence-corrected chi connectivity index (χ0v) is 21.3. The maximum absolute atomic E-state index is 12.4. The summed E-state index contributed by atoms with van der Waals surface area (Å²) in [4.78, 5) is 16.6. The van der Waals surface area contributed by atoms with Gasteiger partial charge in [0.05, 0.1) is 27.5 Å². The Morgan fingerprint density at radius 3 is 2.57 bits per heavy atom. The molecule has 3 heterocycles. The van der Waals surface area contributed by atoms with Crippen LogP contribution in [0.2, 0.25) is 0 Å². The number of ether oxygens (including phenoxy) is 2. The van der Waals surface area contributed by atoms with Gasteiger partial charge in [-0.05, 0) is 70.1 Å². The molecule has 170 valence electrons. The summed E-state index contributed by atoms with van der Waals surface area (Å²) in [7, 11) is 1.76. The molecule has 0 aromatic carbocycles. The number of halogens is 1. The third-order valence-electron chi connectivity index (χ3n) is 5.90. The summed E-state index contributed by atoms with van der Waals surface area (Å²) in [5.74, 6) is 1.05. The van der Waals surface area contributed by atoms with Crippen LogP contribution >= 0.6 is 22.6 Å². The summed E-state index contributed by atoms with van der Waals surface area (Å²) in [6.45, 7) is 14.8. The number of carbonyl (C=O) groups is 1. The van der Waals surface area contributed by atoms with E-state index in [0.29, 0.717) is 25.7 Å². The second-order valence-corrected chi connectivity index (χ2v) is 10.7. The normalized spacial score (nSPS) is 23.7. The molecule has 1 amide bonds. The Morgan fingerprint density at radius 2 is 1.97 bits per heavy atom. The molecule has 30 heavy (non-hydrogen) atoms. The first-order chi connectivity index (χ1) is 14.1. The zero-order chi connectivity index (χ0) is 22.1. The number of rotatable bonds is 4. The van der Waals surface area contributed by atoms with Crippen LogP contribution in [0.5, 0.6) is 0 Å². The van der Waals surface area contributed by atoms with Gasteiger partial charge in [-0.1, -0.05) is 0 Å². The Labute approximate surface area is 193 Å². The molecule has 0 unspecified atom stereocenters. The van der Waals surface area contributed by atoms with Crippen LogP contribution in [0.25, 0.3) is 0 Å². The van der Waals surface area contributed by atoms with Gasteiger partial charge in [0.15, 0.2) is 5.82 Å². The van der Waals surface area contributed by atoms with E-state index in [2.05, 4.69) is 51.3 Å².